The second kappa shape index (κ2) is 11.0. The van der Waals surface area contributed by atoms with Crippen LogP contribution in [0.15, 0.2) is 41.8 Å². The third kappa shape index (κ3) is 5.90. The summed E-state index contributed by atoms with van der Waals surface area (Å²) in [6.07, 6.45) is 6.66. The molecule has 1 aliphatic carbocycles. The van der Waals surface area contributed by atoms with Gasteiger partial charge in [-0.1, -0.05) is 23.2 Å². The van der Waals surface area contributed by atoms with Crippen LogP contribution in [0.5, 0.6) is 5.75 Å². The molecule has 1 saturated carbocycles. The van der Waals surface area contributed by atoms with E-state index in [0.717, 1.165) is 17.7 Å². The van der Waals surface area contributed by atoms with Gasteiger partial charge >= 0.3 is 0 Å². The lowest BCUT2D eigenvalue weighted by Gasteiger charge is -2.14. The van der Waals surface area contributed by atoms with Crippen LogP contribution in [0.2, 0.25) is 0 Å². The molecule has 1 fully saturated rings. The molecule has 0 aromatic carbocycles. The quantitative estimate of drug-likeness (QED) is 0.357. The Morgan fingerprint density at radius 1 is 1.25 bits per heavy atom. The maximum Gasteiger partial charge on any atom is 0.280 e. The van der Waals surface area contributed by atoms with E-state index in [-0.39, 0.29) is 22.6 Å². The molecule has 0 saturated heterocycles. The van der Waals surface area contributed by atoms with E-state index in [9.17, 15) is 13.6 Å². The van der Waals surface area contributed by atoms with Crippen LogP contribution in [0.4, 0.5) is 13.9 Å². The number of amides is 1. The molecule has 36 heavy (non-hydrogen) atoms. The summed E-state index contributed by atoms with van der Waals surface area (Å²) >= 11 is 1.24. The lowest BCUT2D eigenvalue weighted by Crippen LogP contribution is -2.16. The summed E-state index contributed by atoms with van der Waals surface area (Å²) < 4.78 is 32.2. The Bertz CT molecular complexity index is 1400. The van der Waals surface area contributed by atoms with Crippen molar-refractivity contribution in [1.29, 1.82) is 0 Å². The van der Waals surface area contributed by atoms with Gasteiger partial charge in [0, 0.05) is 47.8 Å². The van der Waals surface area contributed by atoms with Crippen LogP contribution in [-0.4, -0.2) is 41.2 Å². The van der Waals surface area contributed by atoms with Crippen LogP contribution in [-0.2, 0) is 0 Å². The van der Waals surface area contributed by atoms with Gasteiger partial charge in [0.1, 0.15) is 17.1 Å². The number of nitrogens with two attached hydrogens (primary N) is 1. The Kier molecular flexibility index (Phi) is 7.65. The maximum atomic E-state index is 13.5. The Morgan fingerprint density at radius 3 is 2.75 bits per heavy atom. The van der Waals surface area contributed by atoms with Crippen LogP contribution < -0.4 is 15.8 Å². The molecule has 4 rings (SSSR count). The largest absolute Gasteiger partial charge is 0.494 e. The van der Waals surface area contributed by atoms with Gasteiger partial charge in [0.05, 0.1) is 24.4 Å². The summed E-state index contributed by atoms with van der Waals surface area (Å²) in [4.78, 5) is 30.1. The maximum absolute atomic E-state index is 13.5. The molecule has 0 radical (unpaired) electrons. The normalized spacial score (nSPS) is 13.5. The van der Waals surface area contributed by atoms with Crippen molar-refractivity contribution in [3.05, 3.63) is 58.6 Å². The van der Waals surface area contributed by atoms with E-state index in [4.69, 9.17) is 10.5 Å². The first-order valence-corrected chi connectivity index (χ1v) is 11.7. The zero-order valence-corrected chi connectivity index (χ0v) is 20.3. The summed E-state index contributed by atoms with van der Waals surface area (Å²) in [7, 11) is 2.97. The predicted octanol–water partition coefficient (Wildman–Crippen LogP) is 4.56. The fraction of sp³-hybridized carbons (Fsp3) is 0.240. The Balaban J connectivity index is 1.75. The topological polar surface area (TPSA) is 115 Å². The van der Waals surface area contributed by atoms with Crippen LogP contribution in [0, 0.1) is 17.8 Å². The van der Waals surface area contributed by atoms with E-state index >= 15 is 0 Å². The molecule has 1 amide bonds. The average Bonchev–Trinajstić information content (AvgIpc) is 3.62. The molecule has 1 aliphatic rings. The van der Waals surface area contributed by atoms with Gasteiger partial charge in [-0.05, 0) is 31.1 Å². The van der Waals surface area contributed by atoms with Gasteiger partial charge in [-0.2, -0.15) is 0 Å². The number of alkyl halides is 2. The number of carbonyl (C=O) groups excluding carboxylic acids is 1. The molecular formula is C25H22F2N6O2S. The van der Waals surface area contributed by atoms with Crippen molar-refractivity contribution in [2.45, 2.75) is 19.3 Å². The molecular weight excluding hydrogens is 486 g/mol. The summed E-state index contributed by atoms with van der Waals surface area (Å²) in [5, 5.41) is 3.05. The van der Waals surface area contributed by atoms with E-state index < -0.39 is 18.0 Å². The minimum Gasteiger partial charge on any atom is -0.494 e. The molecule has 3 aromatic rings. The van der Waals surface area contributed by atoms with Crippen LogP contribution in [0.3, 0.4) is 0 Å². The Labute approximate surface area is 210 Å². The highest BCUT2D eigenvalue weighted by Crippen LogP contribution is 2.35. The van der Waals surface area contributed by atoms with E-state index in [1.165, 1.54) is 43.1 Å². The first-order valence-electron chi connectivity index (χ1n) is 10.9. The van der Waals surface area contributed by atoms with E-state index in [1.807, 2.05) is 0 Å². The van der Waals surface area contributed by atoms with Crippen molar-refractivity contribution < 1.29 is 18.3 Å². The first kappa shape index (κ1) is 24.9. The van der Waals surface area contributed by atoms with Gasteiger partial charge in [0.2, 0.25) is 0 Å². The Hall–Kier alpha value is -4.17. The molecule has 0 unspecified atom stereocenters. The van der Waals surface area contributed by atoms with Crippen molar-refractivity contribution in [2.75, 3.05) is 19.5 Å². The van der Waals surface area contributed by atoms with Crippen molar-refractivity contribution in [3.63, 3.8) is 0 Å². The second-order valence-electron chi connectivity index (χ2n) is 7.79. The SMILES string of the molecule is CN=C/C=C(\N)c1cnc(C(=O)Nc2ncc(C#CC3CC3)s2)c(-c2cc(C(F)F)ncc2OC)c1. The van der Waals surface area contributed by atoms with E-state index in [1.54, 1.807) is 25.4 Å². The van der Waals surface area contributed by atoms with Gasteiger partial charge in [0.25, 0.3) is 12.3 Å². The van der Waals surface area contributed by atoms with Gasteiger partial charge in [0.15, 0.2) is 5.13 Å². The van der Waals surface area contributed by atoms with Gasteiger partial charge in [-0.25, -0.2) is 18.7 Å². The number of carbonyl (C=O) groups is 1. The highest BCUT2D eigenvalue weighted by molar-refractivity contribution is 7.16. The van der Waals surface area contributed by atoms with Crippen LogP contribution in [0.25, 0.3) is 16.8 Å². The third-order valence-electron chi connectivity index (χ3n) is 5.16. The monoisotopic (exact) mass is 508 g/mol. The van der Waals surface area contributed by atoms with Gasteiger partial charge in [-0.15, -0.1) is 0 Å². The van der Waals surface area contributed by atoms with Crippen molar-refractivity contribution in [1.82, 2.24) is 15.0 Å². The molecule has 0 bridgehead atoms. The number of anilines is 1. The number of ether oxygens (including phenoxy) is 1. The van der Waals surface area contributed by atoms with Crippen molar-refractivity contribution in [3.8, 4) is 28.7 Å². The molecule has 184 valence electrons. The minimum atomic E-state index is -2.82. The number of hydrogen-bond donors (Lipinski definition) is 2. The Morgan fingerprint density at radius 2 is 2.06 bits per heavy atom. The number of rotatable bonds is 7. The summed E-state index contributed by atoms with van der Waals surface area (Å²) in [6, 6.07) is 2.75. The lowest BCUT2D eigenvalue weighted by atomic mass is 9.99. The summed E-state index contributed by atoms with van der Waals surface area (Å²) in [5.74, 6) is 6.26. The number of hydrogen-bond acceptors (Lipinski definition) is 8. The first-order chi connectivity index (χ1) is 17.4. The molecule has 3 heterocycles. The molecule has 3 aromatic heterocycles. The number of pyridine rings is 2. The third-order valence-corrected chi connectivity index (χ3v) is 5.99. The number of aliphatic imine (C=N–C) groups is 1. The second-order valence-corrected chi connectivity index (χ2v) is 8.82. The number of thiazole rings is 1. The van der Waals surface area contributed by atoms with Crippen LogP contribution >= 0.6 is 11.3 Å². The lowest BCUT2D eigenvalue weighted by molar-refractivity contribution is 0.102. The van der Waals surface area contributed by atoms with Crippen molar-refractivity contribution in [2.24, 2.45) is 16.6 Å². The summed E-state index contributed by atoms with van der Waals surface area (Å²) in [5.41, 5.74) is 6.87. The zero-order valence-electron chi connectivity index (χ0n) is 19.5. The fourth-order valence-corrected chi connectivity index (χ4v) is 3.83. The number of methoxy groups -OCH3 is 1. The van der Waals surface area contributed by atoms with Crippen LogP contribution in [0.1, 0.15) is 45.9 Å². The smallest absolute Gasteiger partial charge is 0.280 e. The zero-order chi connectivity index (χ0) is 25.7. The number of nitrogens with zero attached hydrogens (tertiary/aromatic N) is 4. The minimum absolute atomic E-state index is 0.0266. The molecule has 3 N–H and O–H groups in total. The average molecular weight is 509 g/mol. The van der Waals surface area contributed by atoms with E-state index in [0.29, 0.717) is 22.3 Å². The number of aromatic nitrogens is 3. The number of allylic oxidation sites excluding steroid dienone is 1. The number of halogens is 2. The van der Waals surface area contributed by atoms with Crippen molar-refractivity contribution >= 4 is 34.3 Å². The molecule has 0 spiro atoms. The molecule has 0 atom stereocenters. The standard InChI is InChI=1S/C25H22F2N6O2S/c1-29-8-7-19(28)15-9-18(17-10-20(23(26)27)30-13-21(17)35-2)22(31-11-15)24(34)33-25-32-12-16(36-25)6-5-14-3-4-14/h7-14,23H,3-4,28H2,1-2H3,(H,32,33,34)/b19-7-,29-8?. The highest BCUT2D eigenvalue weighted by atomic mass is 32.1. The number of nitrogens with one attached hydrogen (secondary N) is 1. The molecule has 0 aliphatic heterocycles. The van der Waals surface area contributed by atoms with Gasteiger partial charge in [-0.3, -0.25) is 20.1 Å². The fourth-order valence-electron chi connectivity index (χ4n) is 3.16. The summed E-state index contributed by atoms with van der Waals surface area (Å²) in [6.45, 7) is 0. The molecule has 11 heteroatoms. The highest BCUT2D eigenvalue weighted by Gasteiger charge is 2.22. The van der Waals surface area contributed by atoms with Gasteiger partial charge < -0.3 is 10.5 Å². The predicted molar refractivity (Wildman–Crippen MR) is 135 cm³/mol. The molecule has 8 nitrogen and oxygen atoms in total. The van der Waals surface area contributed by atoms with E-state index in [2.05, 4.69) is 37.1 Å².